The van der Waals surface area contributed by atoms with Crippen molar-refractivity contribution in [3.05, 3.63) is 52.7 Å². The molecule has 20 heavy (non-hydrogen) atoms. The van der Waals surface area contributed by atoms with E-state index in [0.717, 1.165) is 16.3 Å². The fourth-order valence-electron chi connectivity index (χ4n) is 1.68. The highest BCUT2D eigenvalue weighted by molar-refractivity contribution is 7.98. The lowest BCUT2D eigenvalue weighted by molar-refractivity contribution is 0.411. The van der Waals surface area contributed by atoms with Crippen molar-refractivity contribution >= 4 is 29.2 Å². The summed E-state index contributed by atoms with van der Waals surface area (Å²) in [7, 11) is 1.62. The number of nitrogens with two attached hydrogens (primary N) is 1. The zero-order valence-corrected chi connectivity index (χ0v) is 12.5. The minimum absolute atomic E-state index is 0.0368. The van der Waals surface area contributed by atoms with Crippen molar-refractivity contribution in [1.29, 1.82) is 5.41 Å². The smallest absolute Gasteiger partial charge is 0.122 e. The second-order valence-electron chi connectivity index (χ2n) is 4.02. The lowest BCUT2D eigenvalue weighted by Crippen LogP contribution is -2.11. The van der Waals surface area contributed by atoms with Gasteiger partial charge >= 0.3 is 0 Å². The van der Waals surface area contributed by atoms with E-state index >= 15 is 0 Å². The van der Waals surface area contributed by atoms with Crippen molar-refractivity contribution in [2.24, 2.45) is 5.73 Å². The Morgan fingerprint density at radius 3 is 2.90 bits per heavy atom. The monoisotopic (exact) mass is 307 g/mol. The van der Waals surface area contributed by atoms with Crippen LogP contribution in [0.2, 0.25) is 5.02 Å². The van der Waals surface area contributed by atoms with Crippen LogP contribution in [0.5, 0.6) is 5.75 Å². The normalized spacial score (nSPS) is 10.3. The predicted octanol–water partition coefficient (Wildman–Crippen LogP) is 3.32. The van der Waals surface area contributed by atoms with E-state index in [1.165, 1.54) is 11.8 Å². The maximum absolute atomic E-state index is 7.49. The van der Waals surface area contributed by atoms with Crippen LogP contribution < -0.4 is 10.5 Å². The first-order valence-electron chi connectivity index (χ1n) is 5.86. The van der Waals surface area contributed by atoms with E-state index in [9.17, 15) is 0 Å². The number of nitrogens with one attached hydrogen (secondary N) is 1. The Morgan fingerprint density at radius 2 is 2.25 bits per heavy atom. The molecule has 0 saturated heterocycles. The average molecular weight is 308 g/mol. The van der Waals surface area contributed by atoms with Crippen LogP contribution in [0.15, 0.2) is 41.6 Å². The molecule has 4 nitrogen and oxygen atoms in total. The highest BCUT2D eigenvalue weighted by atomic mass is 35.5. The predicted molar refractivity (Wildman–Crippen MR) is 82.8 cm³/mol. The van der Waals surface area contributed by atoms with E-state index in [2.05, 4.69) is 4.98 Å². The molecule has 1 heterocycles. The van der Waals surface area contributed by atoms with Gasteiger partial charge in [0.25, 0.3) is 0 Å². The lowest BCUT2D eigenvalue weighted by Gasteiger charge is -2.10. The largest absolute Gasteiger partial charge is 0.496 e. The fourth-order valence-corrected chi connectivity index (χ4v) is 2.83. The van der Waals surface area contributed by atoms with Gasteiger partial charge in [0.1, 0.15) is 16.6 Å². The average Bonchev–Trinajstić information content (AvgIpc) is 2.46. The van der Waals surface area contributed by atoms with Crippen LogP contribution in [-0.4, -0.2) is 17.9 Å². The van der Waals surface area contributed by atoms with Crippen molar-refractivity contribution in [2.75, 3.05) is 7.11 Å². The van der Waals surface area contributed by atoms with Gasteiger partial charge in [-0.2, -0.15) is 0 Å². The molecule has 0 saturated carbocycles. The number of nitrogen functional groups attached to an aromatic ring is 1. The van der Waals surface area contributed by atoms with Gasteiger partial charge in [0.15, 0.2) is 0 Å². The number of halogens is 1. The van der Waals surface area contributed by atoms with E-state index in [-0.39, 0.29) is 5.84 Å². The summed E-state index contributed by atoms with van der Waals surface area (Å²) in [6.45, 7) is 0. The summed E-state index contributed by atoms with van der Waals surface area (Å²) in [5.41, 5.74) is 7.13. The van der Waals surface area contributed by atoms with E-state index in [1.54, 1.807) is 31.5 Å². The minimum atomic E-state index is 0.0368. The highest BCUT2D eigenvalue weighted by Gasteiger charge is 2.09. The Bertz CT molecular complexity index is 634. The number of amidine groups is 1. The number of pyridine rings is 1. The van der Waals surface area contributed by atoms with Crippen molar-refractivity contribution < 1.29 is 4.74 Å². The summed E-state index contributed by atoms with van der Waals surface area (Å²) >= 11 is 7.59. The number of rotatable bonds is 5. The molecular weight excluding hydrogens is 294 g/mol. The van der Waals surface area contributed by atoms with Gasteiger partial charge in [-0.3, -0.25) is 5.41 Å². The summed E-state index contributed by atoms with van der Waals surface area (Å²) < 4.78 is 5.32. The SMILES string of the molecule is COc1ccc(C(=N)N)cc1CSc1ncccc1Cl. The summed E-state index contributed by atoms with van der Waals surface area (Å²) in [6, 6.07) is 9.03. The Balaban J connectivity index is 2.22. The molecule has 0 spiro atoms. The maximum atomic E-state index is 7.49. The molecule has 1 aromatic heterocycles. The third-order valence-corrected chi connectivity index (χ3v) is 4.15. The first kappa shape index (κ1) is 14.7. The molecule has 2 aromatic rings. The molecule has 0 radical (unpaired) electrons. The molecule has 0 aliphatic rings. The van der Waals surface area contributed by atoms with Crippen LogP contribution in [0, 0.1) is 5.41 Å². The van der Waals surface area contributed by atoms with Gasteiger partial charge in [0.05, 0.1) is 12.1 Å². The van der Waals surface area contributed by atoms with Gasteiger partial charge in [0, 0.05) is 23.1 Å². The molecule has 2 rings (SSSR count). The summed E-state index contributed by atoms with van der Waals surface area (Å²) in [6.07, 6.45) is 1.71. The van der Waals surface area contributed by atoms with E-state index in [4.69, 9.17) is 27.5 Å². The van der Waals surface area contributed by atoms with Crippen molar-refractivity contribution in [2.45, 2.75) is 10.8 Å². The molecule has 0 aliphatic heterocycles. The second kappa shape index (κ2) is 6.63. The number of aromatic nitrogens is 1. The number of thioether (sulfide) groups is 1. The van der Waals surface area contributed by atoms with Gasteiger partial charge < -0.3 is 10.5 Å². The molecule has 6 heteroatoms. The van der Waals surface area contributed by atoms with Crippen LogP contribution in [0.4, 0.5) is 0 Å². The number of ether oxygens (including phenoxy) is 1. The van der Waals surface area contributed by atoms with Crippen LogP contribution in [0.25, 0.3) is 0 Å². The topological polar surface area (TPSA) is 72.0 Å². The zero-order valence-electron chi connectivity index (χ0n) is 10.9. The fraction of sp³-hybridized carbons (Fsp3) is 0.143. The van der Waals surface area contributed by atoms with Crippen LogP contribution >= 0.6 is 23.4 Å². The molecule has 0 bridgehead atoms. The number of benzene rings is 1. The highest BCUT2D eigenvalue weighted by Crippen LogP contribution is 2.31. The summed E-state index contributed by atoms with van der Waals surface area (Å²) in [4.78, 5) is 4.23. The number of methoxy groups -OCH3 is 1. The van der Waals surface area contributed by atoms with Crippen molar-refractivity contribution in [3.8, 4) is 5.75 Å². The van der Waals surface area contributed by atoms with Gasteiger partial charge in [-0.25, -0.2) is 4.98 Å². The Morgan fingerprint density at radius 1 is 1.45 bits per heavy atom. The van der Waals surface area contributed by atoms with E-state index < -0.39 is 0 Å². The Kier molecular flexibility index (Phi) is 4.87. The lowest BCUT2D eigenvalue weighted by atomic mass is 10.1. The van der Waals surface area contributed by atoms with E-state index in [1.807, 2.05) is 12.1 Å². The zero-order chi connectivity index (χ0) is 14.5. The quantitative estimate of drug-likeness (QED) is 0.505. The summed E-state index contributed by atoms with van der Waals surface area (Å²) in [5, 5.41) is 8.88. The Labute approximate surface area is 126 Å². The first-order valence-corrected chi connectivity index (χ1v) is 7.23. The Hall–Kier alpha value is -1.72. The second-order valence-corrected chi connectivity index (χ2v) is 5.39. The van der Waals surface area contributed by atoms with Crippen molar-refractivity contribution in [3.63, 3.8) is 0 Å². The molecule has 0 fully saturated rings. The molecular formula is C14H14ClN3OS. The maximum Gasteiger partial charge on any atom is 0.122 e. The van der Waals surface area contributed by atoms with E-state index in [0.29, 0.717) is 16.3 Å². The molecule has 0 atom stereocenters. The van der Waals surface area contributed by atoms with Gasteiger partial charge in [-0.05, 0) is 30.3 Å². The van der Waals surface area contributed by atoms with Gasteiger partial charge in [-0.15, -0.1) is 11.8 Å². The van der Waals surface area contributed by atoms with Crippen molar-refractivity contribution in [1.82, 2.24) is 4.98 Å². The number of hydrogen-bond donors (Lipinski definition) is 2. The third-order valence-electron chi connectivity index (χ3n) is 2.68. The summed E-state index contributed by atoms with van der Waals surface area (Å²) in [5.74, 6) is 1.44. The van der Waals surface area contributed by atoms with Gasteiger partial charge in [-0.1, -0.05) is 11.6 Å². The van der Waals surface area contributed by atoms with Crippen LogP contribution in [0.1, 0.15) is 11.1 Å². The number of nitrogens with zero attached hydrogens (tertiary/aromatic N) is 1. The molecule has 0 aliphatic carbocycles. The molecule has 0 amide bonds. The number of hydrogen-bond acceptors (Lipinski definition) is 4. The van der Waals surface area contributed by atoms with Gasteiger partial charge in [0.2, 0.25) is 0 Å². The van der Waals surface area contributed by atoms with Crippen LogP contribution in [-0.2, 0) is 5.75 Å². The third kappa shape index (κ3) is 3.43. The molecule has 3 N–H and O–H groups in total. The first-order chi connectivity index (χ1) is 9.61. The molecule has 1 aromatic carbocycles. The molecule has 104 valence electrons. The van der Waals surface area contributed by atoms with Crippen LogP contribution in [0.3, 0.4) is 0 Å². The minimum Gasteiger partial charge on any atom is -0.496 e. The standard InChI is InChI=1S/C14H14ClN3OS/c1-19-12-5-4-9(13(16)17)7-10(12)8-20-14-11(15)3-2-6-18-14/h2-7H,8H2,1H3,(H3,16,17). The molecule has 0 unspecified atom stereocenters.